The molecule has 4 aromatic rings. The number of piperidine rings is 1. The normalized spacial score (nSPS) is 13.9. The van der Waals surface area contributed by atoms with Gasteiger partial charge >= 0.3 is 0 Å². The van der Waals surface area contributed by atoms with Crippen molar-refractivity contribution >= 4 is 16.7 Å². The fourth-order valence-electron chi connectivity index (χ4n) is 4.50. The number of rotatable bonds is 3. The quantitative estimate of drug-likeness (QED) is 0.438. The summed E-state index contributed by atoms with van der Waals surface area (Å²) >= 11 is 0. The van der Waals surface area contributed by atoms with Gasteiger partial charge in [0.15, 0.2) is 23.0 Å². The number of pyridine rings is 1. The highest BCUT2D eigenvalue weighted by molar-refractivity contribution is 6.00. The molecular weight excluding hydrogens is 424 g/mol. The van der Waals surface area contributed by atoms with Crippen LogP contribution in [0.4, 0.5) is 14.5 Å². The molecule has 0 amide bonds. The number of nitrogens with zero attached hydrogens (tertiary/aromatic N) is 4. The van der Waals surface area contributed by atoms with E-state index in [1.807, 2.05) is 31.2 Å². The maximum atomic E-state index is 14.1. The summed E-state index contributed by atoms with van der Waals surface area (Å²) in [6.45, 7) is 3.87. The summed E-state index contributed by atoms with van der Waals surface area (Å²) < 4.78 is 28.2. The summed E-state index contributed by atoms with van der Waals surface area (Å²) in [5.41, 5.74) is 3.91. The molecule has 5 rings (SSSR count). The molecule has 0 atom stereocenters. The number of phenolic OH excluding ortho intramolecular Hbond substituents is 1. The van der Waals surface area contributed by atoms with Crippen LogP contribution < -0.4 is 4.90 Å². The van der Waals surface area contributed by atoms with Gasteiger partial charge in [-0.05, 0) is 56.0 Å². The molecule has 0 radical (unpaired) electrons. The highest BCUT2D eigenvalue weighted by Crippen LogP contribution is 2.39. The molecule has 2 N–H and O–H groups in total. The number of benzene rings is 2. The summed E-state index contributed by atoms with van der Waals surface area (Å²) in [6, 6.07) is 12.1. The van der Waals surface area contributed by atoms with E-state index >= 15 is 0 Å². The molecule has 0 bridgehead atoms. The molecule has 166 valence electrons. The Hall–Kier alpha value is -3.99. The molecule has 33 heavy (non-hydrogen) atoms. The molecule has 8 heteroatoms. The lowest BCUT2D eigenvalue weighted by molar-refractivity contribution is 0.396. The van der Waals surface area contributed by atoms with E-state index < -0.39 is 17.4 Å². The number of halogens is 2. The van der Waals surface area contributed by atoms with Crippen molar-refractivity contribution in [1.82, 2.24) is 15.2 Å². The molecule has 2 aromatic carbocycles. The summed E-state index contributed by atoms with van der Waals surface area (Å²) in [4.78, 5) is 6.78. The van der Waals surface area contributed by atoms with E-state index in [2.05, 4.69) is 26.2 Å². The van der Waals surface area contributed by atoms with Crippen molar-refractivity contribution in [2.45, 2.75) is 26.2 Å². The van der Waals surface area contributed by atoms with Crippen molar-refractivity contribution in [3.8, 4) is 34.2 Å². The average molecular weight is 445 g/mol. The standard InChI is InChI=1S/C25H21F2N5O/c1-14-21-22(15-5-7-17(8-6-15)32-9-3-2-4-10-32)18(13-28)23(29-25(21)31-30-14)16-11-19(26)24(33)20(27)12-16/h5-8,11-12,33H,2-4,9-10H2,1H3,(H,29,30,31). The predicted octanol–water partition coefficient (Wildman–Crippen LogP) is 5.45. The Morgan fingerprint density at radius 1 is 1.03 bits per heavy atom. The number of anilines is 1. The van der Waals surface area contributed by atoms with Gasteiger partial charge in [-0.2, -0.15) is 10.4 Å². The molecule has 0 unspecified atom stereocenters. The SMILES string of the molecule is Cc1[nH]nc2nc(-c3cc(F)c(O)c(F)c3)c(C#N)c(-c3ccc(N4CCCCC4)cc3)c12. The van der Waals surface area contributed by atoms with Crippen LogP contribution in [0, 0.1) is 29.9 Å². The van der Waals surface area contributed by atoms with Crippen molar-refractivity contribution < 1.29 is 13.9 Å². The van der Waals surface area contributed by atoms with Crippen molar-refractivity contribution in [3.05, 3.63) is 59.3 Å². The maximum Gasteiger partial charge on any atom is 0.187 e. The third kappa shape index (κ3) is 3.55. The summed E-state index contributed by atoms with van der Waals surface area (Å²) in [5, 5.41) is 27.4. The molecule has 0 saturated carbocycles. The fraction of sp³-hybridized carbons (Fsp3) is 0.240. The summed E-state index contributed by atoms with van der Waals surface area (Å²) in [7, 11) is 0. The number of phenols is 1. The molecule has 1 fully saturated rings. The van der Waals surface area contributed by atoms with Gasteiger partial charge in [-0.25, -0.2) is 13.8 Å². The van der Waals surface area contributed by atoms with Crippen LogP contribution in [0.3, 0.4) is 0 Å². The Bertz CT molecular complexity index is 1380. The van der Waals surface area contributed by atoms with Crippen molar-refractivity contribution in [1.29, 1.82) is 5.26 Å². The lowest BCUT2D eigenvalue weighted by Gasteiger charge is -2.29. The molecule has 1 aliphatic heterocycles. The Morgan fingerprint density at radius 2 is 1.70 bits per heavy atom. The van der Waals surface area contributed by atoms with E-state index in [1.165, 1.54) is 19.3 Å². The Balaban J connectivity index is 1.71. The van der Waals surface area contributed by atoms with Crippen molar-refractivity contribution in [2.24, 2.45) is 0 Å². The highest BCUT2D eigenvalue weighted by Gasteiger charge is 2.23. The van der Waals surface area contributed by atoms with Crippen LogP contribution in [0.1, 0.15) is 30.5 Å². The first-order valence-corrected chi connectivity index (χ1v) is 10.8. The van der Waals surface area contributed by atoms with Crippen LogP contribution >= 0.6 is 0 Å². The number of nitrogens with one attached hydrogen (secondary N) is 1. The molecule has 1 saturated heterocycles. The van der Waals surface area contributed by atoms with Gasteiger partial charge in [0.2, 0.25) is 0 Å². The van der Waals surface area contributed by atoms with Gasteiger partial charge < -0.3 is 10.0 Å². The first-order valence-electron chi connectivity index (χ1n) is 10.8. The number of nitriles is 1. The zero-order chi connectivity index (χ0) is 23.1. The van der Waals surface area contributed by atoms with Gasteiger partial charge in [0, 0.05) is 35.6 Å². The molecule has 2 aromatic heterocycles. The van der Waals surface area contributed by atoms with E-state index in [-0.39, 0.29) is 16.8 Å². The Kier molecular flexibility index (Phi) is 5.17. The number of aromatic amines is 1. The smallest absolute Gasteiger partial charge is 0.187 e. The lowest BCUT2D eigenvalue weighted by atomic mass is 9.93. The van der Waals surface area contributed by atoms with Gasteiger partial charge in [0.1, 0.15) is 6.07 Å². The second-order valence-electron chi connectivity index (χ2n) is 8.25. The maximum absolute atomic E-state index is 14.1. The fourth-order valence-corrected chi connectivity index (χ4v) is 4.50. The molecule has 6 nitrogen and oxygen atoms in total. The predicted molar refractivity (Wildman–Crippen MR) is 122 cm³/mol. The summed E-state index contributed by atoms with van der Waals surface area (Å²) in [5.74, 6) is -3.31. The van der Waals surface area contributed by atoms with Crippen LogP contribution in [0.5, 0.6) is 5.75 Å². The number of fused-ring (bicyclic) bond motifs is 1. The number of hydrogen-bond donors (Lipinski definition) is 2. The number of aromatic nitrogens is 3. The van der Waals surface area contributed by atoms with Crippen LogP contribution in [0.15, 0.2) is 36.4 Å². The van der Waals surface area contributed by atoms with E-state index in [0.717, 1.165) is 42.2 Å². The topological polar surface area (TPSA) is 88.8 Å². The van der Waals surface area contributed by atoms with Gasteiger partial charge in [-0.3, -0.25) is 5.10 Å². The monoisotopic (exact) mass is 445 g/mol. The third-order valence-electron chi connectivity index (χ3n) is 6.16. The minimum atomic E-state index is -1.12. The summed E-state index contributed by atoms with van der Waals surface area (Å²) in [6.07, 6.45) is 3.58. The van der Waals surface area contributed by atoms with Gasteiger partial charge in [0.25, 0.3) is 0 Å². The highest BCUT2D eigenvalue weighted by atomic mass is 19.1. The lowest BCUT2D eigenvalue weighted by Crippen LogP contribution is -2.29. The number of H-pyrrole nitrogens is 1. The van der Waals surface area contributed by atoms with Crippen LogP contribution in [-0.4, -0.2) is 33.4 Å². The number of aromatic hydroxyl groups is 1. The van der Waals surface area contributed by atoms with Crippen molar-refractivity contribution in [3.63, 3.8) is 0 Å². The molecule has 3 heterocycles. The average Bonchev–Trinajstić information content (AvgIpc) is 3.22. The van der Waals surface area contributed by atoms with Gasteiger partial charge in [-0.1, -0.05) is 12.1 Å². The molecule has 1 aliphatic rings. The number of hydrogen-bond acceptors (Lipinski definition) is 5. The van der Waals surface area contributed by atoms with E-state index in [9.17, 15) is 19.1 Å². The zero-order valence-electron chi connectivity index (χ0n) is 18.0. The van der Waals surface area contributed by atoms with E-state index in [1.54, 1.807) is 0 Å². The van der Waals surface area contributed by atoms with E-state index in [4.69, 9.17) is 0 Å². The molecule has 0 aliphatic carbocycles. The second-order valence-corrected chi connectivity index (χ2v) is 8.25. The zero-order valence-corrected chi connectivity index (χ0v) is 18.0. The largest absolute Gasteiger partial charge is 0.503 e. The van der Waals surface area contributed by atoms with Crippen LogP contribution in [0.2, 0.25) is 0 Å². The minimum Gasteiger partial charge on any atom is -0.503 e. The number of aryl methyl sites for hydroxylation is 1. The van der Waals surface area contributed by atoms with Crippen molar-refractivity contribution in [2.75, 3.05) is 18.0 Å². The first kappa shape index (κ1) is 20.9. The minimum absolute atomic E-state index is 0.0492. The Labute approximate surface area is 189 Å². The van der Waals surface area contributed by atoms with E-state index in [0.29, 0.717) is 16.6 Å². The second kappa shape index (κ2) is 8.17. The van der Waals surface area contributed by atoms with Crippen LogP contribution in [0.25, 0.3) is 33.4 Å². The van der Waals surface area contributed by atoms with Crippen LogP contribution in [-0.2, 0) is 0 Å². The van der Waals surface area contributed by atoms with Gasteiger partial charge in [0.05, 0.1) is 16.6 Å². The first-order chi connectivity index (χ1) is 16.0. The van der Waals surface area contributed by atoms with Gasteiger partial charge in [-0.15, -0.1) is 0 Å². The Morgan fingerprint density at radius 3 is 2.33 bits per heavy atom. The molecule has 0 spiro atoms. The molecular formula is C25H21F2N5O. The third-order valence-corrected chi connectivity index (χ3v) is 6.16.